The predicted octanol–water partition coefficient (Wildman–Crippen LogP) is 6.24. The number of hydrogen-bond acceptors (Lipinski definition) is 7. The lowest BCUT2D eigenvalue weighted by Gasteiger charge is -2.32. The van der Waals surface area contributed by atoms with E-state index < -0.39 is 5.60 Å². The van der Waals surface area contributed by atoms with Gasteiger partial charge in [-0.2, -0.15) is 0 Å². The van der Waals surface area contributed by atoms with Crippen LogP contribution >= 0.6 is 0 Å². The van der Waals surface area contributed by atoms with E-state index in [9.17, 15) is 9.59 Å². The highest BCUT2D eigenvalue weighted by Gasteiger charge is 2.66. The fourth-order valence-corrected chi connectivity index (χ4v) is 6.64. The van der Waals surface area contributed by atoms with E-state index >= 15 is 0 Å². The van der Waals surface area contributed by atoms with Crippen molar-refractivity contribution in [1.82, 2.24) is 9.88 Å². The third-order valence-electron chi connectivity index (χ3n) is 8.94. The zero-order valence-corrected chi connectivity index (χ0v) is 26.0. The minimum atomic E-state index is -0.513. The van der Waals surface area contributed by atoms with Gasteiger partial charge in [0.05, 0.1) is 18.2 Å². The van der Waals surface area contributed by atoms with Crippen molar-refractivity contribution < 1.29 is 23.8 Å². The van der Waals surface area contributed by atoms with Crippen molar-refractivity contribution in [3.63, 3.8) is 0 Å². The smallest absolute Gasteiger partial charge is 0.410 e. The molecule has 0 unspecified atom stereocenters. The van der Waals surface area contributed by atoms with Crippen molar-refractivity contribution in [2.75, 3.05) is 31.6 Å². The molecule has 1 saturated heterocycles. The molecule has 6 rings (SSSR count). The number of nitrogens with zero attached hydrogens (tertiary/aromatic N) is 3. The highest BCUT2D eigenvalue weighted by molar-refractivity contribution is 5.83. The Balaban J connectivity index is 1.18. The van der Waals surface area contributed by atoms with Crippen LogP contribution in [0.5, 0.6) is 5.75 Å². The Bertz CT molecular complexity index is 1580. The average Bonchev–Trinajstić information content (AvgIpc) is 3.55. The van der Waals surface area contributed by atoms with Crippen LogP contribution in [0.25, 0.3) is 11.3 Å². The summed E-state index contributed by atoms with van der Waals surface area (Å²) in [6.45, 7) is 12.9. The van der Waals surface area contributed by atoms with E-state index in [4.69, 9.17) is 19.2 Å². The fourth-order valence-electron chi connectivity index (χ4n) is 6.64. The third-order valence-corrected chi connectivity index (χ3v) is 8.94. The Morgan fingerprint density at radius 1 is 1.07 bits per heavy atom. The lowest BCUT2D eigenvalue weighted by molar-refractivity contribution is -0.146. The first kappa shape index (κ1) is 29.0. The van der Waals surface area contributed by atoms with E-state index in [2.05, 4.69) is 43.0 Å². The normalized spacial score (nSPS) is 20.7. The largest absolute Gasteiger partial charge is 0.488 e. The number of aryl methyl sites for hydroxylation is 2. The molecular weight excluding hydrogens is 542 g/mol. The molecule has 3 aliphatic rings. The molecule has 2 aromatic carbocycles. The number of para-hydroxylation sites is 1. The van der Waals surface area contributed by atoms with Crippen molar-refractivity contribution in [2.45, 2.75) is 66.2 Å². The molecule has 43 heavy (non-hydrogen) atoms. The molecule has 226 valence electrons. The van der Waals surface area contributed by atoms with Crippen LogP contribution in [-0.2, 0) is 33.8 Å². The van der Waals surface area contributed by atoms with Crippen LogP contribution in [0.4, 0.5) is 10.6 Å². The molecule has 1 aromatic heterocycles. The van der Waals surface area contributed by atoms with Crippen molar-refractivity contribution in [3.05, 3.63) is 76.3 Å². The zero-order valence-electron chi connectivity index (χ0n) is 26.0. The molecule has 0 N–H and O–H groups in total. The minimum absolute atomic E-state index is 0.108. The van der Waals surface area contributed by atoms with Crippen LogP contribution in [0.15, 0.2) is 48.5 Å². The van der Waals surface area contributed by atoms with Gasteiger partial charge < -0.3 is 24.0 Å². The number of ether oxygens (including phenoxy) is 3. The standard InChI is InChI=1S/C35H41N3O5/c1-22-9-7-10-27(29-11-8-12-30(36-29)38-18-26-17-35(26,21-38)32(39)41-6)31(22)42-20-24-15-23(2)28-19-37(14-13-25(28)16-24)33(40)43-34(3,4)5/h7-12,15-16,26H,13-14,17-21H2,1-6H3/t26-,35-/m0/s1. The Kier molecular flexibility index (Phi) is 7.35. The first-order valence-corrected chi connectivity index (χ1v) is 15.1. The summed E-state index contributed by atoms with van der Waals surface area (Å²) >= 11 is 0. The highest BCUT2D eigenvalue weighted by Crippen LogP contribution is 2.59. The molecule has 2 fully saturated rings. The summed E-state index contributed by atoms with van der Waals surface area (Å²) in [5.41, 5.74) is 6.63. The van der Waals surface area contributed by atoms with E-state index in [1.165, 1.54) is 18.2 Å². The molecule has 1 amide bonds. The summed E-state index contributed by atoms with van der Waals surface area (Å²) in [5.74, 6) is 1.91. The number of pyridine rings is 1. The van der Waals surface area contributed by atoms with Gasteiger partial charge in [0.15, 0.2) is 0 Å². The molecular formula is C35H41N3O5. The fraction of sp³-hybridized carbons (Fsp3) is 0.457. The first-order valence-electron chi connectivity index (χ1n) is 15.1. The third kappa shape index (κ3) is 5.67. The first-order chi connectivity index (χ1) is 20.5. The Hall–Kier alpha value is -4.07. The Morgan fingerprint density at radius 2 is 1.86 bits per heavy atom. The van der Waals surface area contributed by atoms with Crippen LogP contribution in [0, 0.1) is 25.2 Å². The number of aromatic nitrogens is 1. The molecule has 8 heteroatoms. The number of anilines is 1. The lowest BCUT2D eigenvalue weighted by atomic mass is 9.93. The van der Waals surface area contributed by atoms with Gasteiger partial charge in [-0.3, -0.25) is 4.79 Å². The lowest BCUT2D eigenvalue weighted by Crippen LogP contribution is -2.40. The molecule has 0 spiro atoms. The van der Waals surface area contributed by atoms with Crippen molar-refractivity contribution in [3.8, 4) is 17.0 Å². The summed E-state index contributed by atoms with van der Waals surface area (Å²) in [7, 11) is 1.47. The molecule has 3 heterocycles. The van der Waals surface area contributed by atoms with Crippen molar-refractivity contribution in [2.24, 2.45) is 11.3 Å². The van der Waals surface area contributed by atoms with E-state index in [-0.39, 0.29) is 17.5 Å². The average molecular weight is 584 g/mol. The summed E-state index contributed by atoms with van der Waals surface area (Å²) in [5, 5.41) is 0. The molecule has 1 aliphatic carbocycles. The number of piperidine rings is 1. The number of hydrogen-bond donors (Lipinski definition) is 0. The van der Waals surface area contributed by atoms with Crippen LogP contribution in [0.3, 0.4) is 0 Å². The number of benzene rings is 2. The zero-order chi connectivity index (χ0) is 30.5. The molecule has 8 nitrogen and oxygen atoms in total. The highest BCUT2D eigenvalue weighted by atomic mass is 16.6. The molecule has 3 aromatic rings. The van der Waals surface area contributed by atoms with E-state index in [1.807, 2.05) is 45.0 Å². The quantitative estimate of drug-likeness (QED) is 0.318. The number of esters is 1. The van der Waals surface area contributed by atoms with E-state index in [0.29, 0.717) is 32.2 Å². The van der Waals surface area contributed by atoms with Crippen LogP contribution in [0.1, 0.15) is 55.0 Å². The van der Waals surface area contributed by atoms with E-state index in [0.717, 1.165) is 58.9 Å². The van der Waals surface area contributed by atoms with Gasteiger partial charge in [0, 0.05) is 31.7 Å². The van der Waals surface area contributed by atoms with Gasteiger partial charge in [-0.05, 0) is 99.4 Å². The van der Waals surface area contributed by atoms with Gasteiger partial charge in [0.2, 0.25) is 0 Å². The maximum atomic E-state index is 12.7. The number of carbonyl (C=O) groups is 2. The SMILES string of the molecule is COC(=O)[C@]12C[C@H]1CN(c1cccc(-c3cccc(C)c3OCc3cc(C)c4c(c3)CCN(C(=O)OC(C)(C)C)C4)n1)C2. The summed E-state index contributed by atoms with van der Waals surface area (Å²) in [6.07, 6.45) is 1.42. The number of carbonyl (C=O) groups excluding carboxylic acids is 2. The van der Waals surface area contributed by atoms with Gasteiger partial charge in [0.25, 0.3) is 0 Å². The second-order valence-electron chi connectivity index (χ2n) is 13.3. The Morgan fingerprint density at radius 3 is 2.63 bits per heavy atom. The van der Waals surface area contributed by atoms with Crippen molar-refractivity contribution in [1.29, 1.82) is 0 Å². The summed E-state index contributed by atoms with van der Waals surface area (Å²) < 4.78 is 17.2. The maximum Gasteiger partial charge on any atom is 0.410 e. The predicted molar refractivity (Wildman–Crippen MR) is 165 cm³/mol. The maximum absolute atomic E-state index is 12.7. The monoisotopic (exact) mass is 583 g/mol. The Labute approximate surface area is 254 Å². The van der Waals surface area contributed by atoms with Gasteiger partial charge in [-0.25, -0.2) is 9.78 Å². The number of amides is 1. The number of rotatable bonds is 6. The second kappa shape index (κ2) is 10.9. The molecule has 2 aliphatic heterocycles. The summed E-state index contributed by atoms with van der Waals surface area (Å²) in [6, 6.07) is 16.5. The molecule has 1 saturated carbocycles. The summed E-state index contributed by atoms with van der Waals surface area (Å²) in [4.78, 5) is 34.1. The van der Waals surface area contributed by atoms with Crippen LogP contribution in [0.2, 0.25) is 0 Å². The van der Waals surface area contributed by atoms with Gasteiger partial charge in [-0.15, -0.1) is 0 Å². The molecule has 0 radical (unpaired) electrons. The van der Waals surface area contributed by atoms with Crippen molar-refractivity contribution >= 4 is 17.9 Å². The number of fused-ring (bicyclic) bond motifs is 2. The van der Waals surface area contributed by atoms with Gasteiger partial charge in [-0.1, -0.05) is 30.3 Å². The minimum Gasteiger partial charge on any atom is -0.488 e. The molecule has 0 bridgehead atoms. The van der Waals surface area contributed by atoms with Crippen LogP contribution < -0.4 is 9.64 Å². The van der Waals surface area contributed by atoms with Gasteiger partial charge >= 0.3 is 12.1 Å². The molecule has 2 atom stereocenters. The topological polar surface area (TPSA) is 81.2 Å². The van der Waals surface area contributed by atoms with Crippen LogP contribution in [-0.4, -0.2) is 54.3 Å². The van der Waals surface area contributed by atoms with E-state index in [1.54, 1.807) is 4.90 Å². The van der Waals surface area contributed by atoms with Gasteiger partial charge in [0.1, 0.15) is 23.8 Å². The second-order valence-corrected chi connectivity index (χ2v) is 13.3. The number of methoxy groups -OCH3 is 1.